The summed E-state index contributed by atoms with van der Waals surface area (Å²) in [6, 6.07) is 4.59. The van der Waals surface area contributed by atoms with E-state index >= 15 is 0 Å². The molecule has 1 heterocycles. The van der Waals surface area contributed by atoms with Gasteiger partial charge in [0.2, 0.25) is 0 Å². The van der Waals surface area contributed by atoms with Crippen molar-refractivity contribution in [3.8, 4) is 6.07 Å². The molecule has 1 aromatic carbocycles. The first kappa shape index (κ1) is 13.0. The zero-order valence-corrected chi connectivity index (χ0v) is 10.6. The van der Waals surface area contributed by atoms with E-state index < -0.39 is 15.8 Å². The average Bonchev–Trinajstić information content (AvgIpc) is 2.74. The van der Waals surface area contributed by atoms with Crippen molar-refractivity contribution in [2.24, 2.45) is 0 Å². The predicted molar refractivity (Wildman–Crippen MR) is 65.2 cm³/mol. The zero-order valence-electron chi connectivity index (χ0n) is 9.81. The molecule has 0 amide bonds. The summed E-state index contributed by atoms with van der Waals surface area (Å²) in [7, 11) is -3.89. The normalized spacial score (nSPS) is 11.0. The molecule has 0 spiro atoms. The number of sulfonamides is 1. The van der Waals surface area contributed by atoms with E-state index in [0.717, 1.165) is 18.2 Å². The Morgan fingerprint density at radius 3 is 2.79 bits per heavy atom. The summed E-state index contributed by atoms with van der Waals surface area (Å²) in [4.78, 5) is -0.195. The number of anilines is 1. The van der Waals surface area contributed by atoms with E-state index in [2.05, 4.69) is 14.9 Å². The molecule has 98 valence electrons. The third kappa shape index (κ3) is 2.56. The molecule has 0 saturated carbocycles. The van der Waals surface area contributed by atoms with E-state index in [-0.39, 0.29) is 16.3 Å². The van der Waals surface area contributed by atoms with Gasteiger partial charge in [0.05, 0.1) is 16.7 Å². The van der Waals surface area contributed by atoms with Gasteiger partial charge in [-0.15, -0.1) is 0 Å². The minimum Gasteiger partial charge on any atom is -0.264 e. The molecule has 2 aromatic rings. The summed E-state index contributed by atoms with van der Waals surface area (Å²) in [6.45, 7) is 1.67. The fourth-order valence-electron chi connectivity index (χ4n) is 1.40. The number of H-pyrrole nitrogens is 1. The Hall–Kier alpha value is -2.40. The summed E-state index contributed by atoms with van der Waals surface area (Å²) in [6.07, 6.45) is 1.46. The lowest BCUT2D eigenvalue weighted by Gasteiger charge is -2.07. The summed E-state index contributed by atoms with van der Waals surface area (Å²) in [5.74, 6) is -0.540. The fourth-order valence-corrected chi connectivity index (χ4v) is 2.51. The Morgan fingerprint density at radius 2 is 2.21 bits per heavy atom. The molecule has 19 heavy (non-hydrogen) atoms. The van der Waals surface area contributed by atoms with Gasteiger partial charge in [0.15, 0.2) is 0 Å². The van der Waals surface area contributed by atoms with Gasteiger partial charge in [0, 0.05) is 5.56 Å². The molecule has 1 aromatic heterocycles. The van der Waals surface area contributed by atoms with Crippen molar-refractivity contribution in [2.45, 2.75) is 11.8 Å². The lowest BCUT2D eigenvalue weighted by atomic mass is 10.2. The quantitative estimate of drug-likeness (QED) is 0.890. The van der Waals surface area contributed by atoms with Crippen LogP contribution in [0.1, 0.15) is 11.1 Å². The maximum atomic E-state index is 13.1. The number of aromatic amines is 1. The SMILES string of the molecule is Cc1cn[nH]c1NS(=O)(=O)c1ccc(F)c(C#N)c1. The van der Waals surface area contributed by atoms with Crippen LogP contribution in [0.25, 0.3) is 0 Å². The number of hydrogen-bond donors (Lipinski definition) is 2. The number of aryl methyl sites for hydroxylation is 1. The van der Waals surface area contributed by atoms with Gasteiger partial charge in [-0.3, -0.25) is 9.82 Å². The van der Waals surface area contributed by atoms with Crippen LogP contribution in [0.4, 0.5) is 10.2 Å². The van der Waals surface area contributed by atoms with Crippen molar-refractivity contribution >= 4 is 15.8 Å². The number of nitrogens with zero attached hydrogens (tertiary/aromatic N) is 2. The topological polar surface area (TPSA) is 98.6 Å². The van der Waals surface area contributed by atoms with Crippen LogP contribution in [-0.4, -0.2) is 18.6 Å². The lowest BCUT2D eigenvalue weighted by molar-refractivity contribution is 0.599. The summed E-state index contributed by atoms with van der Waals surface area (Å²) >= 11 is 0. The lowest BCUT2D eigenvalue weighted by Crippen LogP contribution is -2.14. The summed E-state index contributed by atoms with van der Waals surface area (Å²) in [5.41, 5.74) is 0.287. The van der Waals surface area contributed by atoms with Crippen LogP contribution in [0, 0.1) is 24.1 Å². The van der Waals surface area contributed by atoms with Crippen LogP contribution in [0.2, 0.25) is 0 Å². The van der Waals surface area contributed by atoms with Crippen molar-refractivity contribution in [3.05, 3.63) is 41.3 Å². The highest BCUT2D eigenvalue weighted by Gasteiger charge is 2.18. The molecule has 6 nitrogen and oxygen atoms in total. The molecular weight excluding hydrogens is 271 g/mol. The second-order valence-electron chi connectivity index (χ2n) is 3.79. The monoisotopic (exact) mass is 280 g/mol. The van der Waals surface area contributed by atoms with Crippen molar-refractivity contribution in [1.82, 2.24) is 10.2 Å². The Labute approximate surface area is 108 Å². The molecule has 0 aliphatic carbocycles. The maximum Gasteiger partial charge on any atom is 0.263 e. The van der Waals surface area contributed by atoms with Gasteiger partial charge in [-0.2, -0.15) is 10.4 Å². The van der Waals surface area contributed by atoms with Crippen molar-refractivity contribution in [2.75, 3.05) is 4.72 Å². The summed E-state index contributed by atoms with van der Waals surface area (Å²) < 4.78 is 39.5. The number of nitrogens with one attached hydrogen (secondary N) is 2. The molecule has 0 atom stereocenters. The van der Waals surface area contributed by atoms with Gasteiger partial charge >= 0.3 is 0 Å². The van der Waals surface area contributed by atoms with Crippen molar-refractivity contribution in [1.29, 1.82) is 5.26 Å². The Bertz CT molecular complexity index is 761. The zero-order chi connectivity index (χ0) is 14.0. The Kier molecular flexibility index (Phi) is 3.23. The van der Waals surface area contributed by atoms with Crippen molar-refractivity contribution < 1.29 is 12.8 Å². The molecule has 2 rings (SSSR count). The van der Waals surface area contributed by atoms with Gasteiger partial charge in [-0.1, -0.05) is 0 Å². The van der Waals surface area contributed by atoms with Gasteiger partial charge in [-0.25, -0.2) is 12.8 Å². The molecule has 0 radical (unpaired) electrons. The summed E-state index contributed by atoms with van der Waals surface area (Å²) in [5, 5.41) is 14.9. The maximum absolute atomic E-state index is 13.1. The van der Waals surface area contributed by atoms with Crippen LogP contribution in [-0.2, 0) is 10.0 Å². The predicted octanol–water partition coefficient (Wildman–Crippen LogP) is 1.53. The van der Waals surface area contributed by atoms with Gasteiger partial charge in [0.25, 0.3) is 10.0 Å². The third-order valence-electron chi connectivity index (χ3n) is 2.43. The standard InChI is InChI=1S/C11H9FN4O2S/c1-7-6-14-15-11(7)16-19(17,18)9-2-3-10(12)8(4-9)5-13/h2-4,6H,1H3,(H2,14,15,16). The highest BCUT2D eigenvalue weighted by Crippen LogP contribution is 2.19. The molecule has 2 N–H and O–H groups in total. The molecule has 0 bridgehead atoms. The second-order valence-corrected chi connectivity index (χ2v) is 5.47. The van der Waals surface area contributed by atoms with E-state index in [4.69, 9.17) is 5.26 Å². The van der Waals surface area contributed by atoms with E-state index in [1.165, 1.54) is 6.20 Å². The molecular formula is C11H9FN4O2S. The molecule has 8 heteroatoms. The first-order valence-electron chi connectivity index (χ1n) is 5.16. The molecule has 0 fully saturated rings. The molecule has 0 aliphatic heterocycles. The van der Waals surface area contributed by atoms with Gasteiger partial charge in [0.1, 0.15) is 17.7 Å². The number of nitriles is 1. The third-order valence-corrected chi connectivity index (χ3v) is 3.78. The molecule has 0 unspecified atom stereocenters. The van der Waals surface area contributed by atoms with Crippen LogP contribution in [0.5, 0.6) is 0 Å². The highest BCUT2D eigenvalue weighted by molar-refractivity contribution is 7.92. The second kappa shape index (κ2) is 4.70. The van der Waals surface area contributed by atoms with E-state index in [1.54, 1.807) is 13.0 Å². The van der Waals surface area contributed by atoms with Gasteiger partial charge in [-0.05, 0) is 25.1 Å². The van der Waals surface area contributed by atoms with E-state index in [9.17, 15) is 12.8 Å². The first-order valence-corrected chi connectivity index (χ1v) is 6.65. The number of rotatable bonds is 3. The number of benzene rings is 1. The molecule has 0 saturated heterocycles. The minimum absolute atomic E-state index is 0.195. The Morgan fingerprint density at radius 1 is 1.47 bits per heavy atom. The minimum atomic E-state index is -3.89. The van der Waals surface area contributed by atoms with E-state index in [1.807, 2.05) is 0 Å². The smallest absolute Gasteiger partial charge is 0.263 e. The first-order chi connectivity index (χ1) is 8.94. The fraction of sp³-hybridized carbons (Fsp3) is 0.0909. The number of hydrogen-bond acceptors (Lipinski definition) is 4. The van der Waals surface area contributed by atoms with Crippen LogP contribution in [0.15, 0.2) is 29.3 Å². The van der Waals surface area contributed by atoms with Crippen molar-refractivity contribution in [3.63, 3.8) is 0 Å². The van der Waals surface area contributed by atoms with Crippen LogP contribution >= 0.6 is 0 Å². The number of aromatic nitrogens is 2. The molecule has 0 aliphatic rings. The number of halogens is 1. The largest absolute Gasteiger partial charge is 0.264 e. The highest BCUT2D eigenvalue weighted by atomic mass is 32.2. The van der Waals surface area contributed by atoms with Crippen LogP contribution in [0.3, 0.4) is 0 Å². The average molecular weight is 280 g/mol. The Balaban J connectivity index is 2.41. The van der Waals surface area contributed by atoms with Gasteiger partial charge < -0.3 is 0 Å². The van der Waals surface area contributed by atoms with E-state index in [0.29, 0.717) is 5.56 Å². The van der Waals surface area contributed by atoms with Crippen LogP contribution < -0.4 is 4.72 Å².